The number of aromatic nitrogens is 2. The van der Waals surface area contributed by atoms with Gasteiger partial charge in [0.2, 0.25) is 0 Å². The predicted molar refractivity (Wildman–Crippen MR) is 59.2 cm³/mol. The maximum absolute atomic E-state index is 2.27. The van der Waals surface area contributed by atoms with E-state index >= 15 is 0 Å². The third kappa shape index (κ3) is 1.37. The third-order valence-electron chi connectivity index (χ3n) is 2.60. The first-order chi connectivity index (χ1) is 6.86. The van der Waals surface area contributed by atoms with Crippen molar-refractivity contribution in [3.05, 3.63) is 36.7 Å². The second-order valence-electron chi connectivity index (χ2n) is 3.36. The van der Waals surface area contributed by atoms with Crippen LogP contribution in [-0.2, 0) is 13.1 Å². The number of nitrogens with zero attached hydrogens (tertiary/aromatic N) is 2. The maximum Gasteiger partial charge on any atom is 0.0647 e. The molecule has 0 aliphatic heterocycles. The minimum atomic E-state index is 1.03. The minimum absolute atomic E-state index is 1.03. The first-order valence-electron chi connectivity index (χ1n) is 5.17. The Labute approximate surface area is 84.8 Å². The summed E-state index contributed by atoms with van der Waals surface area (Å²) in [7, 11) is 0. The summed E-state index contributed by atoms with van der Waals surface area (Å²) in [6, 6.07) is 8.55. The molecule has 0 aliphatic rings. The van der Waals surface area contributed by atoms with Gasteiger partial charge in [0.25, 0.3) is 0 Å². The van der Waals surface area contributed by atoms with E-state index in [0.29, 0.717) is 0 Å². The zero-order valence-electron chi connectivity index (χ0n) is 8.77. The lowest BCUT2D eigenvalue weighted by atomic mass is 10.3. The largest absolute Gasteiger partial charge is 0.347 e. The molecule has 2 aromatic heterocycles. The first-order valence-corrected chi connectivity index (χ1v) is 5.17. The molecule has 14 heavy (non-hydrogen) atoms. The van der Waals surface area contributed by atoms with Crippen LogP contribution in [0.25, 0.3) is 11.4 Å². The molecule has 0 bridgehead atoms. The third-order valence-corrected chi connectivity index (χ3v) is 2.60. The first kappa shape index (κ1) is 9.13. The molecule has 0 atom stereocenters. The van der Waals surface area contributed by atoms with Crippen LogP contribution in [0.4, 0.5) is 0 Å². The number of hydrogen-bond donors (Lipinski definition) is 0. The van der Waals surface area contributed by atoms with Crippen LogP contribution in [0.1, 0.15) is 13.8 Å². The fourth-order valence-electron chi connectivity index (χ4n) is 1.84. The van der Waals surface area contributed by atoms with Crippen LogP contribution >= 0.6 is 0 Å². The summed E-state index contributed by atoms with van der Waals surface area (Å²) in [6.07, 6.45) is 4.25. The average molecular weight is 188 g/mol. The van der Waals surface area contributed by atoms with Gasteiger partial charge in [0.1, 0.15) is 0 Å². The molecule has 0 unspecified atom stereocenters. The van der Waals surface area contributed by atoms with Crippen LogP contribution in [0, 0.1) is 0 Å². The Morgan fingerprint density at radius 3 is 1.64 bits per heavy atom. The summed E-state index contributed by atoms with van der Waals surface area (Å²) >= 11 is 0. The molecular weight excluding hydrogens is 172 g/mol. The fraction of sp³-hybridized carbons (Fsp3) is 0.333. The summed E-state index contributed by atoms with van der Waals surface area (Å²) in [4.78, 5) is 0. The molecule has 0 amide bonds. The Balaban J connectivity index is 2.48. The van der Waals surface area contributed by atoms with E-state index in [2.05, 4.69) is 59.6 Å². The van der Waals surface area contributed by atoms with Gasteiger partial charge in [-0.3, -0.25) is 0 Å². The van der Waals surface area contributed by atoms with E-state index in [9.17, 15) is 0 Å². The lowest BCUT2D eigenvalue weighted by Gasteiger charge is -2.09. The number of aryl methyl sites for hydroxylation is 2. The van der Waals surface area contributed by atoms with Gasteiger partial charge in [-0.1, -0.05) is 0 Å². The van der Waals surface area contributed by atoms with Crippen molar-refractivity contribution in [1.82, 2.24) is 9.13 Å². The van der Waals surface area contributed by atoms with Crippen molar-refractivity contribution in [2.75, 3.05) is 0 Å². The van der Waals surface area contributed by atoms with Crippen LogP contribution in [0.3, 0.4) is 0 Å². The van der Waals surface area contributed by atoms with E-state index in [0.717, 1.165) is 13.1 Å². The molecule has 2 heteroatoms. The molecule has 0 aliphatic carbocycles. The quantitative estimate of drug-likeness (QED) is 0.700. The van der Waals surface area contributed by atoms with Gasteiger partial charge in [-0.25, -0.2) is 0 Å². The SMILES string of the molecule is CCn1cccc1-c1cccn1CC. The molecule has 0 saturated heterocycles. The Morgan fingerprint density at radius 1 is 0.857 bits per heavy atom. The molecule has 2 heterocycles. The molecule has 0 N–H and O–H groups in total. The Hall–Kier alpha value is -1.44. The van der Waals surface area contributed by atoms with E-state index in [1.807, 2.05) is 0 Å². The van der Waals surface area contributed by atoms with Crippen LogP contribution < -0.4 is 0 Å². The molecular formula is C12H16N2. The van der Waals surface area contributed by atoms with Gasteiger partial charge in [-0.05, 0) is 38.1 Å². The van der Waals surface area contributed by atoms with Gasteiger partial charge in [-0.15, -0.1) is 0 Å². The maximum atomic E-state index is 2.27. The Bertz CT molecular complexity index is 369. The zero-order valence-corrected chi connectivity index (χ0v) is 8.77. The van der Waals surface area contributed by atoms with Crippen molar-refractivity contribution in [2.24, 2.45) is 0 Å². The summed E-state index contributed by atoms with van der Waals surface area (Å²) < 4.78 is 4.53. The van der Waals surface area contributed by atoms with Gasteiger partial charge in [0.15, 0.2) is 0 Å². The van der Waals surface area contributed by atoms with Crippen molar-refractivity contribution >= 4 is 0 Å². The predicted octanol–water partition coefficient (Wildman–Crippen LogP) is 3.00. The monoisotopic (exact) mass is 188 g/mol. The molecule has 2 aromatic rings. The van der Waals surface area contributed by atoms with Crippen molar-refractivity contribution in [3.8, 4) is 11.4 Å². The molecule has 2 rings (SSSR count). The zero-order chi connectivity index (χ0) is 9.97. The Kier molecular flexibility index (Phi) is 2.44. The highest BCUT2D eigenvalue weighted by Crippen LogP contribution is 2.20. The standard InChI is InChI=1S/C12H16N2/c1-3-13-9-5-7-11(13)12-8-6-10-14(12)4-2/h5-10H,3-4H2,1-2H3. The van der Waals surface area contributed by atoms with Gasteiger partial charge < -0.3 is 9.13 Å². The highest BCUT2D eigenvalue weighted by Gasteiger charge is 2.05. The second kappa shape index (κ2) is 3.74. The van der Waals surface area contributed by atoms with Crippen molar-refractivity contribution in [1.29, 1.82) is 0 Å². The van der Waals surface area contributed by atoms with Gasteiger partial charge in [0.05, 0.1) is 11.4 Å². The molecule has 2 nitrogen and oxygen atoms in total. The topological polar surface area (TPSA) is 9.86 Å². The lowest BCUT2D eigenvalue weighted by Crippen LogP contribution is -2.00. The minimum Gasteiger partial charge on any atom is -0.347 e. The highest BCUT2D eigenvalue weighted by molar-refractivity contribution is 5.56. The van der Waals surface area contributed by atoms with E-state index < -0.39 is 0 Å². The number of rotatable bonds is 3. The summed E-state index contributed by atoms with van der Waals surface area (Å²) in [5.74, 6) is 0. The van der Waals surface area contributed by atoms with E-state index in [4.69, 9.17) is 0 Å². The number of hydrogen-bond acceptors (Lipinski definition) is 0. The van der Waals surface area contributed by atoms with E-state index in [-0.39, 0.29) is 0 Å². The lowest BCUT2D eigenvalue weighted by molar-refractivity contribution is 0.741. The van der Waals surface area contributed by atoms with Gasteiger partial charge in [-0.2, -0.15) is 0 Å². The molecule has 0 saturated carbocycles. The smallest absolute Gasteiger partial charge is 0.0647 e. The van der Waals surface area contributed by atoms with Crippen LogP contribution in [0.2, 0.25) is 0 Å². The van der Waals surface area contributed by atoms with E-state index in [1.54, 1.807) is 0 Å². The van der Waals surface area contributed by atoms with Gasteiger partial charge in [0, 0.05) is 25.5 Å². The summed E-state index contributed by atoms with van der Waals surface area (Å²) in [5.41, 5.74) is 2.61. The van der Waals surface area contributed by atoms with Crippen LogP contribution in [-0.4, -0.2) is 9.13 Å². The van der Waals surface area contributed by atoms with Crippen LogP contribution in [0.15, 0.2) is 36.7 Å². The van der Waals surface area contributed by atoms with Crippen LogP contribution in [0.5, 0.6) is 0 Å². The molecule has 0 aromatic carbocycles. The second-order valence-corrected chi connectivity index (χ2v) is 3.36. The summed E-state index contributed by atoms with van der Waals surface area (Å²) in [5, 5.41) is 0. The molecule has 0 radical (unpaired) electrons. The van der Waals surface area contributed by atoms with Crippen molar-refractivity contribution in [3.63, 3.8) is 0 Å². The molecule has 0 fully saturated rings. The molecule has 74 valence electrons. The van der Waals surface area contributed by atoms with Crippen molar-refractivity contribution < 1.29 is 0 Å². The molecule has 0 spiro atoms. The fourth-order valence-corrected chi connectivity index (χ4v) is 1.84. The summed E-state index contributed by atoms with van der Waals surface area (Å²) in [6.45, 7) is 6.39. The van der Waals surface area contributed by atoms with E-state index in [1.165, 1.54) is 11.4 Å². The highest BCUT2D eigenvalue weighted by atomic mass is 15.0. The normalized spacial score (nSPS) is 10.7. The average Bonchev–Trinajstić information content (AvgIpc) is 2.85. The van der Waals surface area contributed by atoms with Crippen molar-refractivity contribution in [2.45, 2.75) is 26.9 Å². The Morgan fingerprint density at radius 2 is 1.29 bits per heavy atom. The van der Waals surface area contributed by atoms with Gasteiger partial charge >= 0.3 is 0 Å².